The second-order valence-electron chi connectivity index (χ2n) is 9.03. The van der Waals surface area contributed by atoms with Crippen LogP contribution in [0.5, 0.6) is 0 Å². The number of hydrogen-bond acceptors (Lipinski definition) is 0. The van der Waals surface area contributed by atoms with Crippen LogP contribution in [0.3, 0.4) is 0 Å². The van der Waals surface area contributed by atoms with Gasteiger partial charge in [-0.1, -0.05) is 96.8 Å². The maximum atomic E-state index is 3.91. The van der Waals surface area contributed by atoms with E-state index in [1.807, 2.05) is 0 Å². The van der Waals surface area contributed by atoms with Crippen molar-refractivity contribution in [1.82, 2.24) is 0 Å². The smallest absolute Gasteiger partial charge is 1.00 e. The predicted octanol–water partition coefficient (Wildman–Crippen LogP) is 2.43. The van der Waals surface area contributed by atoms with Crippen LogP contribution in [-0.2, 0) is 58.3 Å². The molecule has 0 heterocycles. The number of benzene rings is 2. The Kier molecular flexibility index (Phi) is 16.5. The number of rotatable bonds is 12. The Morgan fingerprint density at radius 2 is 1.09 bits per heavy atom. The third-order valence-corrected chi connectivity index (χ3v) is 6.60. The molecule has 0 atom stereocenters. The van der Waals surface area contributed by atoms with Crippen molar-refractivity contribution >= 4 is 0 Å². The summed E-state index contributed by atoms with van der Waals surface area (Å²) in [6.07, 6.45) is 16.2. The summed E-state index contributed by atoms with van der Waals surface area (Å²) in [7, 11) is 0. The summed E-state index contributed by atoms with van der Waals surface area (Å²) in [5.74, 6) is 0. The van der Waals surface area contributed by atoms with Gasteiger partial charge in [-0.3, -0.25) is 0 Å². The Labute approximate surface area is 229 Å². The Bertz CT molecular complexity index is 746. The van der Waals surface area contributed by atoms with Crippen LogP contribution in [0, 0.1) is 6.07 Å². The molecular formula is C29H41Cl2Zr. The number of hydrogen-bond donors (Lipinski definition) is 0. The molecule has 0 aromatic heterocycles. The van der Waals surface area contributed by atoms with Gasteiger partial charge in [0, 0.05) is 0 Å². The molecule has 0 unspecified atom stereocenters. The van der Waals surface area contributed by atoms with E-state index in [-0.39, 0.29) is 51.0 Å². The average molecular weight is 552 g/mol. The Balaban J connectivity index is 0.00000320. The van der Waals surface area contributed by atoms with Crippen LogP contribution in [0.2, 0.25) is 0 Å². The van der Waals surface area contributed by atoms with Crippen LogP contribution in [-0.4, -0.2) is 0 Å². The third-order valence-electron chi connectivity index (χ3n) is 6.60. The molecule has 175 valence electrons. The first kappa shape index (κ1) is 31.9. The van der Waals surface area contributed by atoms with Crippen molar-refractivity contribution < 1.29 is 51.0 Å². The molecule has 1 radical (unpaired) electrons. The zero-order chi connectivity index (χ0) is 20.6. The van der Waals surface area contributed by atoms with Crippen LogP contribution in [0.25, 0.3) is 11.1 Å². The quantitative estimate of drug-likeness (QED) is 0.304. The molecule has 0 nitrogen and oxygen atoms in total. The first-order valence-electron chi connectivity index (χ1n) is 12.4. The standard InChI is InChI=1S/C29H41.2ClH.Zr/c1-5-9-13-22-17-26-19-27-18-23(14-10-6-2)25(16-12-8-4)21-29(27)28(26)20-24(22)15-11-7-3;;;/h17,20-21H,5-16,19H2,1-4H3;2*1H;/q-1;;;+3/p-2. The van der Waals surface area contributed by atoms with Gasteiger partial charge in [-0.2, -0.15) is 23.3 Å². The van der Waals surface area contributed by atoms with Crippen LogP contribution >= 0.6 is 0 Å². The molecule has 0 saturated heterocycles. The van der Waals surface area contributed by atoms with Gasteiger partial charge in [0.2, 0.25) is 0 Å². The zero-order valence-electron chi connectivity index (χ0n) is 20.7. The number of unbranched alkanes of at least 4 members (excludes halogenated alkanes) is 4. The maximum Gasteiger partial charge on any atom is 3.00 e. The van der Waals surface area contributed by atoms with E-state index in [0.717, 1.165) is 6.42 Å². The topological polar surface area (TPSA) is 0 Å². The Morgan fingerprint density at radius 3 is 1.66 bits per heavy atom. The summed E-state index contributed by atoms with van der Waals surface area (Å²) in [5.41, 5.74) is 12.3. The number of fused-ring (bicyclic) bond motifs is 3. The minimum absolute atomic E-state index is 0. The van der Waals surface area contributed by atoms with Crippen molar-refractivity contribution in [3.63, 3.8) is 0 Å². The van der Waals surface area contributed by atoms with E-state index >= 15 is 0 Å². The normalized spacial score (nSPS) is 11.1. The van der Waals surface area contributed by atoms with E-state index in [4.69, 9.17) is 0 Å². The van der Waals surface area contributed by atoms with E-state index in [9.17, 15) is 0 Å². The zero-order valence-corrected chi connectivity index (χ0v) is 24.7. The summed E-state index contributed by atoms with van der Waals surface area (Å²) in [6, 6.07) is 11.6. The molecular weight excluding hydrogens is 510 g/mol. The van der Waals surface area contributed by atoms with Crippen LogP contribution < -0.4 is 24.8 Å². The second kappa shape index (κ2) is 16.5. The van der Waals surface area contributed by atoms with Gasteiger partial charge >= 0.3 is 26.2 Å². The monoisotopic (exact) mass is 549 g/mol. The fraction of sp³-hybridized carbons (Fsp3) is 0.586. The van der Waals surface area contributed by atoms with E-state index < -0.39 is 0 Å². The van der Waals surface area contributed by atoms with Crippen LogP contribution in [0.15, 0.2) is 18.2 Å². The van der Waals surface area contributed by atoms with E-state index in [1.165, 1.54) is 99.3 Å². The molecule has 1 aliphatic rings. The molecule has 0 spiro atoms. The molecule has 0 bridgehead atoms. The minimum Gasteiger partial charge on any atom is -1.00 e. The van der Waals surface area contributed by atoms with Gasteiger partial charge in [-0.15, -0.1) is 11.1 Å². The number of aryl methyl sites for hydroxylation is 4. The van der Waals surface area contributed by atoms with Gasteiger partial charge in [0.1, 0.15) is 0 Å². The van der Waals surface area contributed by atoms with Crippen molar-refractivity contribution in [2.24, 2.45) is 0 Å². The Morgan fingerprint density at radius 1 is 0.625 bits per heavy atom. The van der Waals surface area contributed by atoms with Crippen molar-refractivity contribution in [1.29, 1.82) is 0 Å². The first-order valence-corrected chi connectivity index (χ1v) is 12.4. The van der Waals surface area contributed by atoms with Gasteiger partial charge in [0.15, 0.2) is 0 Å². The molecule has 32 heavy (non-hydrogen) atoms. The van der Waals surface area contributed by atoms with Gasteiger partial charge < -0.3 is 24.8 Å². The molecule has 0 aliphatic heterocycles. The molecule has 0 N–H and O–H groups in total. The van der Waals surface area contributed by atoms with Gasteiger partial charge in [0.05, 0.1) is 0 Å². The van der Waals surface area contributed by atoms with Crippen LogP contribution in [0.1, 0.15) is 112 Å². The summed E-state index contributed by atoms with van der Waals surface area (Å²) < 4.78 is 0. The largest absolute Gasteiger partial charge is 3.00 e. The van der Waals surface area contributed by atoms with Gasteiger partial charge in [-0.05, 0) is 48.8 Å². The minimum atomic E-state index is 0. The Hall–Kier alpha value is -0.0969. The SMILES string of the molecule is CCCCc1[c-]c2c(cc1CCCC)-c1cc(CCCC)c(CCCC)cc1C2.[Cl-].[Cl-].[Zr+3]. The van der Waals surface area contributed by atoms with Gasteiger partial charge in [-0.25, -0.2) is 0 Å². The van der Waals surface area contributed by atoms with E-state index in [0.29, 0.717) is 0 Å². The molecule has 3 heteroatoms. The molecule has 0 amide bonds. The average Bonchev–Trinajstić information content (AvgIpc) is 3.08. The van der Waals surface area contributed by atoms with Gasteiger partial charge in [0.25, 0.3) is 0 Å². The van der Waals surface area contributed by atoms with E-state index in [2.05, 4.69) is 52.0 Å². The molecule has 3 rings (SSSR count). The summed E-state index contributed by atoms with van der Waals surface area (Å²) >= 11 is 0. The summed E-state index contributed by atoms with van der Waals surface area (Å²) in [5, 5.41) is 0. The van der Waals surface area contributed by atoms with Crippen LogP contribution in [0.4, 0.5) is 0 Å². The number of halogens is 2. The van der Waals surface area contributed by atoms with Crippen molar-refractivity contribution in [2.45, 2.75) is 111 Å². The molecule has 0 fully saturated rings. The van der Waals surface area contributed by atoms with E-state index in [1.54, 1.807) is 22.3 Å². The fourth-order valence-electron chi connectivity index (χ4n) is 4.75. The third kappa shape index (κ3) is 7.99. The fourth-order valence-corrected chi connectivity index (χ4v) is 4.75. The molecule has 2 aromatic carbocycles. The summed E-state index contributed by atoms with van der Waals surface area (Å²) in [6.45, 7) is 9.21. The van der Waals surface area contributed by atoms with Crippen molar-refractivity contribution in [3.8, 4) is 11.1 Å². The summed E-state index contributed by atoms with van der Waals surface area (Å²) in [4.78, 5) is 0. The first-order chi connectivity index (χ1) is 14.2. The molecule has 0 saturated carbocycles. The molecule has 1 aliphatic carbocycles. The maximum absolute atomic E-state index is 3.91. The van der Waals surface area contributed by atoms with Crippen molar-refractivity contribution in [3.05, 3.63) is 57.6 Å². The van der Waals surface area contributed by atoms with Crippen molar-refractivity contribution in [2.75, 3.05) is 0 Å². The molecule has 2 aromatic rings. The second-order valence-corrected chi connectivity index (χ2v) is 9.03. The predicted molar refractivity (Wildman–Crippen MR) is 128 cm³/mol.